The lowest BCUT2D eigenvalue weighted by Gasteiger charge is -2.23. The molecule has 0 spiro atoms. The molecule has 1 aliphatic carbocycles. The number of nitrogens with one attached hydrogen (secondary N) is 2. The summed E-state index contributed by atoms with van der Waals surface area (Å²) in [5.74, 6) is -0.953. The first kappa shape index (κ1) is 27.6. The molecule has 0 saturated carbocycles. The SMILES string of the molecule is CC(C)(C)OC(=O)N[C@@H](Cc1ccccc1)C(=O)OCCCNc1cccc2c1C(=O)c1ccccc1C2=O. The number of carbonyl (C=O) groups excluding carboxylic acids is 4. The third kappa shape index (κ3) is 6.90. The van der Waals surface area contributed by atoms with Gasteiger partial charge in [0.05, 0.1) is 12.2 Å². The molecule has 8 nitrogen and oxygen atoms in total. The van der Waals surface area contributed by atoms with E-state index >= 15 is 0 Å². The van der Waals surface area contributed by atoms with Gasteiger partial charge < -0.3 is 20.1 Å². The lowest BCUT2D eigenvalue weighted by molar-refractivity contribution is -0.146. The summed E-state index contributed by atoms with van der Waals surface area (Å²) in [5, 5.41) is 5.82. The van der Waals surface area contributed by atoms with Gasteiger partial charge in [-0.15, -0.1) is 0 Å². The Morgan fingerprint density at radius 3 is 2.15 bits per heavy atom. The zero-order valence-electron chi connectivity index (χ0n) is 22.3. The van der Waals surface area contributed by atoms with Gasteiger partial charge in [0.1, 0.15) is 11.6 Å². The fourth-order valence-electron chi connectivity index (χ4n) is 4.35. The van der Waals surface area contributed by atoms with Crippen molar-refractivity contribution in [1.82, 2.24) is 5.32 Å². The summed E-state index contributed by atoms with van der Waals surface area (Å²) in [7, 11) is 0. The minimum absolute atomic E-state index is 0.0951. The van der Waals surface area contributed by atoms with E-state index in [1.54, 1.807) is 63.2 Å². The van der Waals surface area contributed by atoms with Crippen molar-refractivity contribution >= 4 is 29.3 Å². The van der Waals surface area contributed by atoms with Crippen LogP contribution >= 0.6 is 0 Å². The van der Waals surface area contributed by atoms with E-state index in [1.165, 1.54) is 0 Å². The number of hydrogen-bond acceptors (Lipinski definition) is 7. The molecule has 3 aromatic rings. The standard InChI is InChI=1S/C31H32N2O6/c1-31(2,3)39-30(37)33-25(19-20-11-5-4-6-12-20)29(36)38-18-10-17-32-24-16-9-15-23-26(24)28(35)22-14-8-7-13-21(22)27(23)34/h4-9,11-16,25,32H,10,17-19H2,1-3H3,(H,33,37)/t25-/m0/s1. The van der Waals surface area contributed by atoms with Gasteiger partial charge >= 0.3 is 12.1 Å². The predicted molar refractivity (Wildman–Crippen MR) is 147 cm³/mol. The van der Waals surface area contributed by atoms with Crippen molar-refractivity contribution in [2.24, 2.45) is 0 Å². The minimum atomic E-state index is -0.917. The van der Waals surface area contributed by atoms with Gasteiger partial charge in [-0.05, 0) is 38.8 Å². The van der Waals surface area contributed by atoms with Crippen LogP contribution in [0.4, 0.5) is 10.5 Å². The van der Waals surface area contributed by atoms with E-state index in [0.29, 0.717) is 40.9 Å². The molecule has 2 N–H and O–H groups in total. The Labute approximate surface area is 227 Å². The highest BCUT2D eigenvalue weighted by atomic mass is 16.6. The average molecular weight is 529 g/mol. The van der Waals surface area contributed by atoms with Crippen LogP contribution < -0.4 is 10.6 Å². The third-order valence-electron chi connectivity index (χ3n) is 6.09. The Bertz CT molecular complexity index is 1380. The topological polar surface area (TPSA) is 111 Å². The summed E-state index contributed by atoms with van der Waals surface area (Å²) in [6, 6.07) is 20.3. The Balaban J connectivity index is 1.34. The van der Waals surface area contributed by atoms with Crippen LogP contribution in [0.25, 0.3) is 0 Å². The number of ether oxygens (including phenoxy) is 2. The van der Waals surface area contributed by atoms with Crippen molar-refractivity contribution in [3.8, 4) is 0 Å². The van der Waals surface area contributed by atoms with E-state index in [4.69, 9.17) is 9.47 Å². The van der Waals surface area contributed by atoms with E-state index < -0.39 is 23.7 Å². The van der Waals surface area contributed by atoms with Crippen LogP contribution in [-0.2, 0) is 20.7 Å². The lowest BCUT2D eigenvalue weighted by Crippen LogP contribution is -2.45. The molecule has 0 radical (unpaired) electrons. The van der Waals surface area contributed by atoms with Gasteiger partial charge in [0, 0.05) is 35.3 Å². The first-order valence-electron chi connectivity index (χ1n) is 12.9. The second kappa shape index (κ2) is 11.9. The number of alkyl carbamates (subject to hydrolysis) is 1. The number of anilines is 1. The molecule has 0 fully saturated rings. The summed E-state index contributed by atoms with van der Waals surface area (Å²) in [6.45, 7) is 5.73. The van der Waals surface area contributed by atoms with Crippen LogP contribution in [0.2, 0.25) is 0 Å². The third-order valence-corrected chi connectivity index (χ3v) is 6.09. The van der Waals surface area contributed by atoms with E-state index in [1.807, 2.05) is 30.3 Å². The highest BCUT2D eigenvalue weighted by Gasteiger charge is 2.31. The average Bonchev–Trinajstić information content (AvgIpc) is 2.90. The molecule has 0 aliphatic heterocycles. The van der Waals surface area contributed by atoms with Crippen molar-refractivity contribution in [3.63, 3.8) is 0 Å². The van der Waals surface area contributed by atoms with Crippen molar-refractivity contribution < 1.29 is 28.7 Å². The number of carbonyl (C=O) groups is 4. The molecule has 0 unspecified atom stereocenters. The zero-order chi connectivity index (χ0) is 28.0. The molecule has 0 aromatic heterocycles. The molecule has 0 bridgehead atoms. The lowest BCUT2D eigenvalue weighted by atomic mass is 9.83. The summed E-state index contributed by atoms with van der Waals surface area (Å²) < 4.78 is 10.8. The molecular weight excluding hydrogens is 496 g/mol. The van der Waals surface area contributed by atoms with E-state index in [-0.39, 0.29) is 24.6 Å². The van der Waals surface area contributed by atoms with Crippen LogP contribution in [0.1, 0.15) is 64.6 Å². The van der Waals surface area contributed by atoms with E-state index in [2.05, 4.69) is 10.6 Å². The minimum Gasteiger partial charge on any atom is -0.464 e. The van der Waals surface area contributed by atoms with Crippen molar-refractivity contribution in [2.45, 2.75) is 45.3 Å². The maximum Gasteiger partial charge on any atom is 0.408 e. The predicted octanol–water partition coefficient (Wildman–Crippen LogP) is 4.94. The Morgan fingerprint density at radius 2 is 1.46 bits per heavy atom. The molecule has 1 amide bonds. The second-order valence-electron chi connectivity index (χ2n) is 10.3. The highest BCUT2D eigenvalue weighted by Crippen LogP contribution is 2.31. The zero-order valence-corrected chi connectivity index (χ0v) is 22.3. The van der Waals surface area contributed by atoms with Crippen LogP contribution in [0.15, 0.2) is 72.8 Å². The quantitative estimate of drug-likeness (QED) is 0.234. The first-order chi connectivity index (χ1) is 18.6. The largest absolute Gasteiger partial charge is 0.464 e. The summed E-state index contributed by atoms with van der Waals surface area (Å²) in [5.41, 5.74) is 2.23. The van der Waals surface area contributed by atoms with Crippen LogP contribution in [0.5, 0.6) is 0 Å². The van der Waals surface area contributed by atoms with Crippen molar-refractivity contribution in [3.05, 3.63) is 101 Å². The van der Waals surface area contributed by atoms with Gasteiger partial charge in [-0.2, -0.15) is 0 Å². The molecule has 4 rings (SSSR count). The summed E-state index contributed by atoms with van der Waals surface area (Å²) >= 11 is 0. The molecule has 3 aromatic carbocycles. The fourth-order valence-corrected chi connectivity index (χ4v) is 4.35. The second-order valence-corrected chi connectivity index (χ2v) is 10.3. The molecule has 39 heavy (non-hydrogen) atoms. The van der Waals surface area contributed by atoms with E-state index in [9.17, 15) is 19.2 Å². The number of rotatable bonds is 9. The van der Waals surface area contributed by atoms with E-state index in [0.717, 1.165) is 5.56 Å². The summed E-state index contributed by atoms with van der Waals surface area (Å²) in [4.78, 5) is 51.3. The van der Waals surface area contributed by atoms with Gasteiger partial charge in [-0.25, -0.2) is 9.59 Å². The monoisotopic (exact) mass is 528 g/mol. The molecule has 0 heterocycles. The van der Waals surface area contributed by atoms with Gasteiger partial charge in [0.15, 0.2) is 11.6 Å². The molecular formula is C31H32N2O6. The highest BCUT2D eigenvalue weighted by molar-refractivity contribution is 6.30. The molecule has 202 valence electrons. The molecule has 1 atom stereocenters. The van der Waals surface area contributed by atoms with Crippen molar-refractivity contribution in [2.75, 3.05) is 18.5 Å². The molecule has 1 aliphatic rings. The van der Waals surface area contributed by atoms with Crippen LogP contribution in [0.3, 0.4) is 0 Å². The maximum absolute atomic E-state index is 13.1. The maximum atomic E-state index is 13.1. The first-order valence-corrected chi connectivity index (χ1v) is 12.9. The number of esters is 1. The fraction of sp³-hybridized carbons (Fsp3) is 0.290. The number of fused-ring (bicyclic) bond motifs is 2. The van der Waals surface area contributed by atoms with Gasteiger partial charge in [-0.1, -0.05) is 66.7 Å². The number of amides is 1. The van der Waals surface area contributed by atoms with Crippen LogP contribution in [-0.4, -0.2) is 48.4 Å². The Kier molecular flexibility index (Phi) is 8.44. The van der Waals surface area contributed by atoms with Crippen LogP contribution in [0, 0.1) is 0 Å². The van der Waals surface area contributed by atoms with Gasteiger partial charge in [0.2, 0.25) is 0 Å². The normalized spacial score (nSPS) is 13.1. The smallest absolute Gasteiger partial charge is 0.408 e. The Morgan fingerprint density at radius 1 is 0.821 bits per heavy atom. The number of benzene rings is 3. The number of ketones is 2. The Hall–Kier alpha value is -4.46. The van der Waals surface area contributed by atoms with Gasteiger partial charge in [-0.3, -0.25) is 9.59 Å². The summed E-state index contributed by atoms with van der Waals surface area (Å²) in [6.07, 6.45) is 0.000463. The number of hydrogen-bond donors (Lipinski definition) is 2. The van der Waals surface area contributed by atoms with Crippen molar-refractivity contribution in [1.29, 1.82) is 0 Å². The van der Waals surface area contributed by atoms with Gasteiger partial charge in [0.25, 0.3) is 0 Å². The molecule has 0 saturated heterocycles. The molecule has 8 heteroatoms.